The maximum Gasteiger partial charge on any atom is 0.311 e. The van der Waals surface area contributed by atoms with Gasteiger partial charge in [0.05, 0.1) is 102 Å². The average molecular weight is 1020 g/mol. The second-order valence-electron chi connectivity index (χ2n) is 18.2. The van der Waals surface area contributed by atoms with E-state index in [9.17, 15) is 49.1 Å². The van der Waals surface area contributed by atoms with Crippen molar-refractivity contribution >= 4 is 77.0 Å². The Balaban J connectivity index is 0.000000210. The first-order valence-corrected chi connectivity index (χ1v) is 23.5. The predicted octanol–water partition coefficient (Wildman–Crippen LogP) is 7.50. The molecule has 4 aromatic carbocycles. The molecule has 0 saturated carbocycles. The molecule has 0 atom stereocenters. The molecule has 0 unspecified atom stereocenters. The minimum Gasteiger partial charge on any atom is -0.507 e. The number of ether oxygens (including phenoxy) is 2. The Labute approximate surface area is 415 Å². The number of benzene rings is 4. The van der Waals surface area contributed by atoms with E-state index >= 15 is 0 Å². The first-order chi connectivity index (χ1) is 33.5. The smallest absolute Gasteiger partial charge is 0.311 e. The molecule has 23 heteroatoms. The fourth-order valence-corrected chi connectivity index (χ4v) is 7.15. The van der Waals surface area contributed by atoms with Gasteiger partial charge in [0.2, 0.25) is 0 Å². The number of anilines is 4. The average Bonchev–Trinajstić information content (AvgIpc) is 3.27. The number of hydrogen-bond donors (Lipinski definition) is 8. The van der Waals surface area contributed by atoms with Crippen LogP contribution in [0, 0.1) is 27.2 Å². The molecule has 0 saturated heterocycles. The van der Waals surface area contributed by atoms with Gasteiger partial charge in [0, 0.05) is 19.3 Å². The Kier molecular flexibility index (Phi) is 18.9. The van der Waals surface area contributed by atoms with Gasteiger partial charge in [-0.1, -0.05) is 35.9 Å². The number of aryl methyl sites for hydroxylation is 1. The number of phenols is 1. The van der Waals surface area contributed by atoms with E-state index in [2.05, 4.69) is 15.0 Å². The number of nitrogens with two attached hydrogens (primary N) is 4. The van der Waals surface area contributed by atoms with Gasteiger partial charge in [0.25, 0.3) is 10.1 Å². The highest BCUT2D eigenvalue weighted by Crippen LogP contribution is 2.37. The monoisotopic (exact) mass is 1020 g/mol. The number of aliphatic hydroxyl groups is 3. The largest absolute Gasteiger partial charge is 0.507 e. The first-order valence-electron chi connectivity index (χ1n) is 22.1. The highest BCUT2D eigenvalue weighted by atomic mass is 32.2. The topological polar surface area (TPSA) is 372 Å². The van der Waals surface area contributed by atoms with Crippen LogP contribution in [0.15, 0.2) is 102 Å². The summed E-state index contributed by atoms with van der Waals surface area (Å²) in [6.45, 7) is 12.6. The Bertz CT molecular complexity index is 3120. The summed E-state index contributed by atoms with van der Waals surface area (Å²) in [6, 6.07) is 21.7. The molecule has 0 bridgehead atoms. The summed E-state index contributed by atoms with van der Waals surface area (Å²) in [5.41, 5.74) is 23.7. The van der Waals surface area contributed by atoms with Gasteiger partial charge in [0.1, 0.15) is 41.0 Å². The van der Waals surface area contributed by atoms with Crippen molar-refractivity contribution in [1.29, 1.82) is 0 Å². The van der Waals surface area contributed by atoms with Crippen molar-refractivity contribution in [2.24, 2.45) is 0 Å². The van der Waals surface area contributed by atoms with Crippen molar-refractivity contribution in [3.8, 4) is 17.2 Å². The molecular weight excluding hydrogens is 955 g/mol. The second kappa shape index (κ2) is 23.9. The second-order valence-corrected chi connectivity index (χ2v) is 19.8. The molecule has 0 aliphatic heterocycles. The van der Waals surface area contributed by atoms with E-state index in [0.717, 1.165) is 28.9 Å². The lowest BCUT2D eigenvalue weighted by Crippen LogP contribution is -2.22. The maximum atomic E-state index is 11.7. The summed E-state index contributed by atoms with van der Waals surface area (Å²) >= 11 is 0. The van der Waals surface area contributed by atoms with Gasteiger partial charge in [-0.2, -0.15) is 8.42 Å². The van der Waals surface area contributed by atoms with Crippen LogP contribution in [0.4, 0.5) is 34.1 Å². The van der Waals surface area contributed by atoms with Gasteiger partial charge in [-0.15, -0.1) is 0 Å². The summed E-state index contributed by atoms with van der Waals surface area (Å²) in [4.78, 5) is 32.5. The van der Waals surface area contributed by atoms with Gasteiger partial charge in [-0.05, 0) is 97.0 Å². The van der Waals surface area contributed by atoms with Crippen LogP contribution in [-0.2, 0) is 14.3 Å². The molecule has 0 aliphatic rings. The third-order valence-electron chi connectivity index (χ3n) is 10.3. The van der Waals surface area contributed by atoms with Crippen LogP contribution < -0.4 is 32.4 Å². The summed E-state index contributed by atoms with van der Waals surface area (Å²) in [7, 11) is -3.71. The zero-order valence-electron chi connectivity index (χ0n) is 40.9. The Morgan fingerprint density at radius 1 is 0.569 bits per heavy atom. The van der Waals surface area contributed by atoms with Crippen LogP contribution in [0.5, 0.6) is 17.2 Å². The van der Waals surface area contributed by atoms with Crippen LogP contribution in [-0.4, -0.2) is 90.3 Å². The van der Waals surface area contributed by atoms with Crippen molar-refractivity contribution < 1.29 is 52.3 Å². The SMILES string of the molecule is CC(C)(O)CCOc1cccc2ncc(N)c(N)c12.CC(C)(O)CCOc1cccc2ncc([N+](=O)[O-])c(N)c12.Cc1ccc(S(=O)(=O)OCCC(C)(C)O)cc1.Nc1c([N+](=O)[O-])cnc2cccc(O)c12. The molecule has 7 aromatic rings. The number of rotatable bonds is 15. The van der Waals surface area contributed by atoms with Crippen molar-refractivity contribution in [3.05, 3.63) is 123 Å². The Morgan fingerprint density at radius 3 is 1.40 bits per heavy atom. The molecule has 12 N–H and O–H groups in total. The van der Waals surface area contributed by atoms with Crippen LogP contribution >= 0.6 is 0 Å². The molecule has 72 heavy (non-hydrogen) atoms. The summed E-state index contributed by atoms with van der Waals surface area (Å²) in [5.74, 6) is 0.950. The van der Waals surface area contributed by atoms with Gasteiger partial charge >= 0.3 is 11.4 Å². The number of nitrogen functional groups attached to an aromatic ring is 4. The number of fused-ring (bicyclic) bond motifs is 3. The zero-order chi connectivity index (χ0) is 53.8. The summed E-state index contributed by atoms with van der Waals surface area (Å²) in [6.07, 6.45) is 4.97. The van der Waals surface area contributed by atoms with Crippen molar-refractivity contribution in [1.82, 2.24) is 15.0 Å². The van der Waals surface area contributed by atoms with Crippen molar-refractivity contribution in [3.63, 3.8) is 0 Å². The lowest BCUT2D eigenvalue weighted by molar-refractivity contribution is -0.384. The van der Waals surface area contributed by atoms with Gasteiger partial charge in [0.15, 0.2) is 0 Å². The maximum absolute atomic E-state index is 11.7. The molecule has 3 heterocycles. The summed E-state index contributed by atoms with van der Waals surface area (Å²) < 4.78 is 39.6. The van der Waals surface area contributed by atoms with Crippen LogP contribution in [0.25, 0.3) is 32.7 Å². The molecule has 0 aliphatic carbocycles. The standard InChI is InChI=1S/C14H17N3O4.C14H19N3O2.C12H18O4S.C9H7N3O3/c1-14(2,18)6-7-21-11-5-3-4-9-12(11)13(15)10(8-16-9)17(19)20;1-14(2,18)6-7-19-11-5-3-4-10-12(11)13(16)9(15)8-17-10;1-10-4-6-11(7-5-10)17(14,15)16-9-8-12(2,3)13;10-9-6(12(14)15)4-11-5-2-1-3-7(13)8(5)9/h3-5,8,18H,6-7H2,1-2H3,(H2,15,16);3-5,8,18H,6-7,15H2,1-2H3,(H2,16,17);4-7,13H,8-9H2,1-3H3;1-4,13H,(H2,10,11). The van der Waals surface area contributed by atoms with E-state index in [4.69, 9.17) is 36.6 Å². The molecule has 3 aromatic heterocycles. The van der Waals surface area contributed by atoms with Crippen LogP contribution in [0.2, 0.25) is 0 Å². The quantitative estimate of drug-likeness (QED) is 0.0280. The van der Waals surface area contributed by atoms with E-state index in [1.165, 1.54) is 24.4 Å². The first kappa shape index (κ1) is 56.9. The number of pyridine rings is 3. The predicted molar refractivity (Wildman–Crippen MR) is 276 cm³/mol. The fourth-order valence-electron chi connectivity index (χ4n) is 6.24. The lowest BCUT2D eigenvalue weighted by atomic mass is 10.1. The normalized spacial score (nSPS) is 11.6. The number of aromatic hydroxyl groups is 1. The van der Waals surface area contributed by atoms with E-state index < -0.39 is 36.8 Å². The van der Waals surface area contributed by atoms with Gasteiger partial charge in [-0.3, -0.25) is 29.4 Å². The molecule has 22 nitrogen and oxygen atoms in total. The van der Waals surface area contributed by atoms with Crippen molar-refractivity contribution in [2.75, 3.05) is 42.8 Å². The van der Waals surface area contributed by atoms with Crippen molar-refractivity contribution in [2.45, 2.75) is 89.4 Å². The van der Waals surface area contributed by atoms with Crippen LogP contribution in [0.3, 0.4) is 0 Å². The molecular formula is C49H61N9O13S. The minimum absolute atomic E-state index is 0.0281. The molecule has 386 valence electrons. The highest BCUT2D eigenvalue weighted by molar-refractivity contribution is 7.86. The number of nitrogens with zero attached hydrogens (tertiary/aromatic N) is 5. The molecule has 0 radical (unpaired) electrons. The van der Waals surface area contributed by atoms with Gasteiger partial charge < -0.3 is 52.8 Å². The van der Waals surface area contributed by atoms with E-state index in [1.807, 2.05) is 25.1 Å². The number of hydrogen-bond acceptors (Lipinski definition) is 20. The fraction of sp³-hybridized carbons (Fsp3) is 0.327. The molecule has 0 fully saturated rings. The van der Waals surface area contributed by atoms with Crippen LogP contribution in [0.1, 0.15) is 66.4 Å². The number of nitro groups is 2. The lowest BCUT2D eigenvalue weighted by Gasteiger charge is -2.18. The van der Waals surface area contributed by atoms with E-state index in [1.54, 1.807) is 84.0 Å². The van der Waals surface area contributed by atoms with E-state index in [0.29, 0.717) is 58.7 Å². The number of aromatic nitrogens is 3. The molecule has 7 rings (SSSR count). The molecule has 0 amide bonds. The Morgan fingerprint density at radius 2 is 0.958 bits per heavy atom. The Hall–Kier alpha value is -7.70. The zero-order valence-corrected chi connectivity index (χ0v) is 41.7. The van der Waals surface area contributed by atoms with E-state index in [-0.39, 0.29) is 58.4 Å². The number of phenolic OH excluding ortho intramolecular Hbond substituents is 1. The molecule has 0 spiro atoms. The minimum atomic E-state index is -3.71. The summed E-state index contributed by atoms with van der Waals surface area (Å²) in [5, 5.41) is 61.2. The third-order valence-corrected chi connectivity index (χ3v) is 11.6. The van der Waals surface area contributed by atoms with Gasteiger partial charge in [-0.25, -0.2) is 9.97 Å². The third kappa shape index (κ3) is 16.4. The highest BCUT2D eigenvalue weighted by Gasteiger charge is 2.21.